The number of amides is 1. The molecule has 1 aliphatic heterocycles. The highest BCUT2D eigenvalue weighted by atomic mass is 32.1. The van der Waals surface area contributed by atoms with Gasteiger partial charge < -0.3 is 35.2 Å². The highest BCUT2D eigenvalue weighted by Crippen LogP contribution is 2.42. The number of carbonyl (C=O) groups is 1. The first-order valence-electron chi connectivity index (χ1n) is 14.4. The van der Waals surface area contributed by atoms with Gasteiger partial charge in [-0.1, -0.05) is 0 Å². The lowest BCUT2D eigenvalue weighted by Crippen LogP contribution is -2.35. The van der Waals surface area contributed by atoms with Gasteiger partial charge in [-0.2, -0.15) is 0 Å². The molecule has 246 valence electrons. The number of piperidine rings is 1. The number of nitrogens with one attached hydrogen (secondary N) is 3. The third kappa shape index (κ3) is 9.15. The summed E-state index contributed by atoms with van der Waals surface area (Å²) in [6, 6.07) is 6.57. The van der Waals surface area contributed by atoms with Crippen molar-refractivity contribution in [1.82, 2.24) is 20.3 Å². The number of phosphoric acid groups is 1. The Kier molecular flexibility index (Phi) is 11.1. The van der Waals surface area contributed by atoms with Crippen LogP contribution in [0, 0.1) is 17.6 Å². The van der Waals surface area contributed by atoms with Gasteiger partial charge in [-0.05, 0) is 62.9 Å². The Morgan fingerprint density at radius 2 is 1.93 bits per heavy atom. The number of ether oxygens (including phenoxy) is 2. The van der Waals surface area contributed by atoms with Gasteiger partial charge in [-0.15, -0.1) is 11.3 Å². The molecule has 0 aliphatic carbocycles. The summed E-state index contributed by atoms with van der Waals surface area (Å²) in [6.07, 6.45) is 4.78. The van der Waals surface area contributed by atoms with E-state index in [2.05, 4.69) is 30.9 Å². The molecule has 1 unspecified atom stereocenters. The summed E-state index contributed by atoms with van der Waals surface area (Å²) in [5.74, 6) is -1.10. The second kappa shape index (κ2) is 15.2. The SMILES string of the molecule is COc1cc2c(Nc3ncc(CC(=O)Nc4ccc(F)c(F)c4)s3)ncnc2cc1OCCCC(OP(=O)(O)O)C1CCNCC1. The van der Waals surface area contributed by atoms with Gasteiger partial charge in [0.15, 0.2) is 28.3 Å². The van der Waals surface area contributed by atoms with Gasteiger partial charge >= 0.3 is 7.82 Å². The van der Waals surface area contributed by atoms with Crippen LogP contribution in [0.3, 0.4) is 0 Å². The quantitative estimate of drug-likeness (QED) is 0.0899. The van der Waals surface area contributed by atoms with Gasteiger partial charge in [0, 0.05) is 34.3 Å². The molecular weight excluding hydrogens is 645 g/mol. The van der Waals surface area contributed by atoms with Crippen LogP contribution in [0.15, 0.2) is 42.9 Å². The number of fused-ring (bicyclic) bond motifs is 1. The van der Waals surface area contributed by atoms with Crippen molar-refractivity contribution in [2.45, 2.75) is 38.2 Å². The van der Waals surface area contributed by atoms with Crippen molar-refractivity contribution >= 4 is 52.6 Å². The second-order valence-electron chi connectivity index (χ2n) is 10.6. The van der Waals surface area contributed by atoms with Crippen LogP contribution in [0.4, 0.5) is 25.4 Å². The Morgan fingerprint density at radius 3 is 2.67 bits per heavy atom. The van der Waals surface area contributed by atoms with Crippen LogP contribution in [0.5, 0.6) is 11.5 Å². The Labute approximate surface area is 267 Å². The van der Waals surface area contributed by atoms with E-state index in [1.807, 2.05) is 0 Å². The van der Waals surface area contributed by atoms with E-state index in [0.717, 1.165) is 38.1 Å². The maximum Gasteiger partial charge on any atom is 0.469 e. The van der Waals surface area contributed by atoms with E-state index in [1.54, 1.807) is 12.1 Å². The minimum Gasteiger partial charge on any atom is -0.493 e. The average molecular weight is 679 g/mol. The number of hydrogen-bond acceptors (Lipinski definition) is 11. The van der Waals surface area contributed by atoms with E-state index < -0.39 is 31.5 Å². The van der Waals surface area contributed by atoms with E-state index in [0.29, 0.717) is 51.1 Å². The first-order valence-corrected chi connectivity index (χ1v) is 16.8. The standard InChI is InChI=1S/C29H33F2N6O7PS/c1-42-25-13-20-23(14-26(25)43-10-2-3-24(44-45(39,40)41)17-6-8-32-9-7-17)34-16-35-28(20)37-29-33-15-19(46-29)12-27(38)36-18-4-5-21(30)22(31)11-18/h4-5,11,13-17,24,32H,2-3,6-10,12H2,1H3,(H,36,38)(H2,39,40,41)(H,33,34,35,37). The Bertz CT molecular complexity index is 1720. The normalized spacial score (nSPS) is 14.6. The van der Waals surface area contributed by atoms with Gasteiger partial charge in [0.1, 0.15) is 12.1 Å². The zero-order chi connectivity index (χ0) is 32.7. The molecule has 5 rings (SSSR count). The number of phosphoric ester groups is 1. The monoisotopic (exact) mass is 678 g/mol. The van der Waals surface area contributed by atoms with Crippen LogP contribution in [-0.4, -0.2) is 63.6 Å². The maximum absolute atomic E-state index is 13.5. The predicted octanol–water partition coefficient (Wildman–Crippen LogP) is 4.93. The number of carbonyl (C=O) groups excluding carboxylic acids is 1. The zero-order valence-electron chi connectivity index (χ0n) is 24.7. The molecule has 0 spiro atoms. The van der Waals surface area contributed by atoms with Gasteiger partial charge in [-0.25, -0.2) is 28.3 Å². The number of thiazole rings is 1. The summed E-state index contributed by atoms with van der Waals surface area (Å²) in [4.78, 5) is 44.9. The van der Waals surface area contributed by atoms with E-state index in [1.165, 1.54) is 37.0 Å². The molecule has 2 aromatic carbocycles. The molecule has 4 aromatic rings. The topological polar surface area (TPSA) is 177 Å². The summed E-state index contributed by atoms with van der Waals surface area (Å²) >= 11 is 1.23. The number of benzene rings is 2. The third-order valence-corrected chi connectivity index (χ3v) is 8.77. The van der Waals surface area contributed by atoms with Crippen molar-refractivity contribution in [3.8, 4) is 11.5 Å². The first-order chi connectivity index (χ1) is 22.1. The molecule has 5 N–H and O–H groups in total. The van der Waals surface area contributed by atoms with Crippen molar-refractivity contribution in [1.29, 1.82) is 0 Å². The molecule has 1 atom stereocenters. The third-order valence-electron chi connectivity index (χ3n) is 7.31. The molecule has 46 heavy (non-hydrogen) atoms. The highest BCUT2D eigenvalue weighted by molar-refractivity contribution is 7.46. The number of halogens is 2. The summed E-state index contributed by atoms with van der Waals surface area (Å²) in [5.41, 5.74) is 0.709. The molecule has 3 heterocycles. The molecule has 0 saturated carbocycles. The number of anilines is 3. The molecule has 2 aromatic heterocycles. The van der Waals surface area contributed by atoms with Crippen molar-refractivity contribution in [2.75, 3.05) is 37.4 Å². The summed E-state index contributed by atoms with van der Waals surface area (Å²) < 4.78 is 54.9. The van der Waals surface area contributed by atoms with E-state index in [-0.39, 0.29) is 24.6 Å². The number of methoxy groups -OCH3 is 1. The van der Waals surface area contributed by atoms with Gasteiger partial charge in [0.05, 0.1) is 31.8 Å². The molecular formula is C29H33F2N6O7PS. The van der Waals surface area contributed by atoms with E-state index in [9.17, 15) is 27.9 Å². The molecule has 0 bridgehead atoms. The second-order valence-corrected chi connectivity index (χ2v) is 12.9. The lowest BCUT2D eigenvalue weighted by atomic mass is 9.90. The van der Waals surface area contributed by atoms with Crippen molar-refractivity contribution in [3.63, 3.8) is 0 Å². The first kappa shape index (κ1) is 33.6. The minimum absolute atomic E-state index is 0.0264. The Balaban J connectivity index is 1.21. The van der Waals surface area contributed by atoms with Crippen LogP contribution in [0.25, 0.3) is 10.9 Å². The number of hydrogen-bond donors (Lipinski definition) is 5. The largest absolute Gasteiger partial charge is 0.493 e. The summed E-state index contributed by atoms with van der Waals surface area (Å²) in [5, 5.41) is 10.0. The highest BCUT2D eigenvalue weighted by Gasteiger charge is 2.30. The van der Waals surface area contributed by atoms with Crippen molar-refractivity contribution < 1.29 is 41.9 Å². The van der Waals surface area contributed by atoms with Crippen LogP contribution in [-0.2, 0) is 20.3 Å². The zero-order valence-corrected chi connectivity index (χ0v) is 26.5. The smallest absolute Gasteiger partial charge is 0.469 e. The fourth-order valence-corrected chi connectivity index (χ4v) is 6.60. The molecule has 13 nitrogen and oxygen atoms in total. The Hall–Kier alpha value is -3.79. The molecule has 1 amide bonds. The van der Waals surface area contributed by atoms with Crippen LogP contribution in [0.2, 0.25) is 0 Å². The lowest BCUT2D eigenvalue weighted by Gasteiger charge is -2.30. The fourth-order valence-electron chi connectivity index (χ4n) is 5.16. The van der Waals surface area contributed by atoms with E-state index in [4.69, 9.17) is 14.0 Å². The van der Waals surface area contributed by atoms with Gasteiger partial charge in [-0.3, -0.25) is 9.32 Å². The molecule has 1 fully saturated rings. The average Bonchev–Trinajstić information content (AvgIpc) is 3.46. The maximum atomic E-state index is 13.5. The molecule has 17 heteroatoms. The van der Waals surface area contributed by atoms with Crippen LogP contribution < -0.4 is 25.4 Å². The number of nitrogens with zero attached hydrogens (tertiary/aromatic N) is 3. The molecule has 1 aliphatic rings. The molecule has 0 radical (unpaired) electrons. The van der Waals surface area contributed by atoms with Crippen molar-refractivity contribution in [2.24, 2.45) is 5.92 Å². The summed E-state index contributed by atoms with van der Waals surface area (Å²) in [6.45, 7) is 1.81. The van der Waals surface area contributed by atoms with Crippen molar-refractivity contribution in [3.05, 3.63) is 59.4 Å². The predicted molar refractivity (Wildman–Crippen MR) is 167 cm³/mol. The van der Waals surface area contributed by atoms with Gasteiger partial charge in [0.25, 0.3) is 0 Å². The summed E-state index contributed by atoms with van der Waals surface area (Å²) in [7, 11) is -3.13. The molecule has 1 saturated heterocycles. The number of rotatable bonds is 14. The van der Waals surface area contributed by atoms with Gasteiger partial charge in [0.2, 0.25) is 5.91 Å². The Morgan fingerprint density at radius 1 is 1.13 bits per heavy atom. The van der Waals surface area contributed by atoms with E-state index >= 15 is 0 Å². The lowest BCUT2D eigenvalue weighted by molar-refractivity contribution is -0.115. The number of aromatic nitrogens is 3. The van der Waals surface area contributed by atoms with Crippen LogP contribution in [0.1, 0.15) is 30.6 Å². The van der Waals surface area contributed by atoms with Crippen LogP contribution >= 0.6 is 19.2 Å². The minimum atomic E-state index is -4.63. The fraction of sp³-hybridized carbons (Fsp3) is 0.379.